The summed E-state index contributed by atoms with van der Waals surface area (Å²) in [5, 5.41) is 7.17. The minimum atomic E-state index is -0.569. The summed E-state index contributed by atoms with van der Waals surface area (Å²) in [5.74, 6) is -0.769. The Kier molecular flexibility index (Phi) is 4.39. The fourth-order valence-corrected chi connectivity index (χ4v) is 1.48. The van der Waals surface area contributed by atoms with Crippen LogP contribution in [0.5, 0.6) is 5.75 Å². The first-order valence-corrected chi connectivity index (χ1v) is 5.96. The van der Waals surface area contributed by atoms with E-state index in [0.717, 1.165) is 0 Å². The van der Waals surface area contributed by atoms with Gasteiger partial charge < -0.3 is 9.47 Å². The predicted octanol–water partition coefficient (Wildman–Crippen LogP) is 1.87. The smallest absolute Gasteiger partial charge is 0.345 e. The summed E-state index contributed by atoms with van der Waals surface area (Å²) in [6, 6.07) is 7.72. The van der Waals surface area contributed by atoms with Crippen LogP contribution >= 0.6 is 0 Å². The van der Waals surface area contributed by atoms with E-state index in [4.69, 9.17) is 9.47 Å². The molecule has 0 saturated carbocycles. The number of nitrogens with zero attached hydrogens (tertiary/aromatic N) is 2. The lowest BCUT2D eigenvalue weighted by Gasteiger charge is -2.06. The number of rotatable bonds is 4. The summed E-state index contributed by atoms with van der Waals surface area (Å²) >= 11 is 0. The van der Waals surface area contributed by atoms with Gasteiger partial charge in [0, 0.05) is 0 Å². The molecule has 6 heteroatoms. The molecule has 6 nitrogen and oxygen atoms in total. The molecule has 0 fully saturated rings. The summed E-state index contributed by atoms with van der Waals surface area (Å²) in [4.78, 5) is 23.4. The highest BCUT2D eigenvalue weighted by Gasteiger charge is 2.11. The van der Waals surface area contributed by atoms with Crippen LogP contribution in [0.15, 0.2) is 42.7 Å². The van der Waals surface area contributed by atoms with E-state index in [0.29, 0.717) is 5.56 Å². The van der Waals surface area contributed by atoms with E-state index in [9.17, 15) is 9.59 Å². The van der Waals surface area contributed by atoms with Crippen molar-refractivity contribution in [1.29, 1.82) is 0 Å². The molecule has 0 aliphatic rings. The zero-order valence-electron chi connectivity index (χ0n) is 10.8. The molecule has 102 valence electrons. The lowest BCUT2D eigenvalue weighted by molar-refractivity contribution is 0.0524. The molecule has 0 amide bonds. The molecular formula is C14H12N2O4. The predicted molar refractivity (Wildman–Crippen MR) is 69.4 cm³/mol. The van der Waals surface area contributed by atoms with Gasteiger partial charge in [-0.2, -0.15) is 10.2 Å². The molecule has 0 unspecified atom stereocenters. The average Bonchev–Trinajstić information content (AvgIpc) is 2.48. The number of hydrogen-bond donors (Lipinski definition) is 0. The van der Waals surface area contributed by atoms with Crippen molar-refractivity contribution in [1.82, 2.24) is 10.2 Å². The van der Waals surface area contributed by atoms with Gasteiger partial charge in [-0.3, -0.25) is 0 Å². The van der Waals surface area contributed by atoms with Gasteiger partial charge in [-0.15, -0.1) is 0 Å². The largest absolute Gasteiger partial charge is 0.462 e. The monoisotopic (exact) mass is 272 g/mol. The summed E-state index contributed by atoms with van der Waals surface area (Å²) in [5.41, 5.74) is 0.603. The fourth-order valence-electron chi connectivity index (χ4n) is 1.48. The van der Waals surface area contributed by atoms with Crippen LogP contribution in [0.3, 0.4) is 0 Å². The molecule has 0 aliphatic heterocycles. The van der Waals surface area contributed by atoms with Crippen LogP contribution in [-0.4, -0.2) is 28.7 Å². The van der Waals surface area contributed by atoms with Crippen LogP contribution in [0.2, 0.25) is 0 Å². The zero-order chi connectivity index (χ0) is 14.4. The molecule has 0 atom stereocenters. The minimum absolute atomic E-state index is 0.261. The third-order valence-corrected chi connectivity index (χ3v) is 2.38. The van der Waals surface area contributed by atoms with E-state index >= 15 is 0 Å². The van der Waals surface area contributed by atoms with E-state index in [1.54, 1.807) is 25.1 Å². The maximum absolute atomic E-state index is 11.8. The highest BCUT2D eigenvalue weighted by molar-refractivity contribution is 5.92. The fraction of sp³-hybridized carbons (Fsp3) is 0.143. The molecule has 0 saturated heterocycles. The first-order valence-electron chi connectivity index (χ1n) is 5.96. The third kappa shape index (κ3) is 3.38. The molecule has 0 radical (unpaired) electrons. The molecular weight excluding hydrogens is 260 g/mol. The molecule has 1 heterocycles. The van der Waals surface area contributed by atoms with Crippen LogP contribution in [0.4, 0.5) is 0 Å². The van der Waals surface area contributed by atoms with Crippen LogP contribution in [0.25, 0.3) is 0 Å². The SMILES string of the molecule is CCOC(=O)c1cccc(OC(=O)c2ccnnc2)c1. The first kappa shape index (κ1) is 13.7. The number of ether oxygens (including phenoxy) is 2. The number of aromatic nitrogens is 2. The molecule has 1 aromatic heterocycles. The topological polar surface area (TPSA) is 78.4 Å². The van der Waals surface area contributed by atoms with Crippen molar-refractivity contribution in [3.63, 3.8) is 0 Å². The van der Waals surface area contributed by atoms with Gasteiger partial charge in [-0.25, -0.2) is 9.59 Å². The Balaban J connectivity index is 2.12. The third-order valence-electron chi connectivity index (χ3n) is 2.38. The summed E-state index contributed by atoms with van der Waals surface area (Å²) in [7, 11) is 0. The number of carbonyl (C=O) groups is 2. The van der Waals surface area contributed by atoms with Crippen molar-refractivity contribution in [2.45, 2.75) is 6.92 Å². The number of esters is 2. The Labute approximate surface area is 115 Å². The van der Waals surface area contributed by atoms with Crippen molar-refractivity contribution >= 4 is 11.9 Å². The van der Waals surface area contributed by atoms with Gasteiger partial charge in [0.05, 0.1) is 30.1 Å². The van der Waals surface area contributed by atoms with Gasteiger partial charge in [0.2, 0.25) is 0 Å². The van der Waals surface area contributed by atoms with Gasteiger partial charge in [0.25, 0.3) is 0 Å². The normalized spacial score (nSPS) is 9.85. The molecule has 1 aromatic carbocycles. The zero-order valence-corrected chi connectivity index (χ0v) is 10.8. The van der Waals surface area contributed by atoms with Crippen molar-refractivity contribution in [3.8, 4) is 5.75 Å². The molecule has 0 bridgehead atoms. The molecule has 0 N–H and O–H groups in total. The second-order valence-corrected chi connectivity index (χ2v) is 3.77. The minimum Gasteiger partial charge on any atom is -0.462 e. The average molecular weight is 272 g/mol. The van der Waals surface area contributed by atoms with E-state index < -0.39 is 11.9 Å². The maximum Gasteiger partial charge on any atom is 0.345 e. The van der Waals surface area contributed by atoms with E-state index in [2.05, 4.69) is 10.2 Å². The van der Waals surface area contributed by atoms with Crippen molar-refractivity contribution in [2.75, 3.05) is 6.61 Å². The van der Waals surface area contributed by atoms with E-state index in [-0.39, 0.29) is 17.9 Å². The van der Waals surface area contributed by atoms with Gasteiger partial charge >= 0.3 is 11.9 Å². The van der Waals surface area contributed by atoms with Gasteiger partial charge in [-0.1, -0.05) is 6.07 Å². The van der Waals surface area contributed by atoms with Gasteiger partial charge in [-0.05, 0) is 31.2 Å². The van der Waals surface area contributed by atoms with Gasteiger partial charge in [0.15, 0.2) is 0 Å². The standard InChI is InChI=1S/C14H12N2O4/c1-2-19-13(17)10-4-3-5-12(8-10)20-14(18)11-6-7-15-16-9-11/h3-9H,2H2,1H3. The van der Waals surface area contributed by atoms with E-state index in [1.165, 1.54) is 24.5 Å². The lowest BCUT2D eigenvalue weighted by Crippen LogP contribution is -2.10. The van der Waals surface area contributed by atoms with Crippen LogP contribution in [0.1, 0.15) is 27.6 Å². The summed E-state index contributed by atoms with van der Waals surface area (Å²) in [6.45, 7) is 2.00. The summed E-state index contributed by atoms with van der Waals surface area (Å²) < 4.78 is 10.0. The second kappa shape index (κ2) is 6.42. The highest BCUT2D eigenvalue weighted by atomic mass is 16.5. The molecule has 20 heavy (non-hydrogen) atoms. The number of benzene rings is 1. The van der Waals surface area contributed by atoms with E-state index in [1.807, 2.05) is 0 Å². The Bertz CT molecular complexity index is 614. The van der Waals surface area contributed by atoms with Crippen molar-refractivity contribution < 1.29 is 19.1 Å². The first-order chi connectivity index (χ1) is 9.70. The van der Waals surface area contributed by atoms with Gasteiger partial charge in [0.1, 0.15) is 5.75 Å². The summed E-state index contributed by atoms with van der Waals surface area (Å²) in [6.07, 6.45) is 2.70. The Morgan fingerprint density at radius 2 is 1.95 bits per heavy atom. The second-order valence-electron chi connectivity index (χ2n) is 3.77. The van der Waals surface area contributed by atoms with Crippen LogP contribution < -0.4 is 4.74 Å². The Hall–Kier alpha value is -2.76. The molecule has 2 rings (SSSR count). The molecule has 0 aliphatic carbocycles. The van der Waals surface area contributed by atoms with Crippen LogP contribution in [-0.2, 0) is 4.74 Å². The molecule has 0 spiro atoms. The van der Waals surface area contributed by atoms with Crippen molar-refractivity contribution in [3.05, 3.63) is 53.9 Å². The quantitative estimate of drug-likeness (QED) is 0.624. The molecule has 2 aromatic rings. The Morgan fingerprint density at radius 3 is 2.65 bits per heavy atom. The van der Waals surface area contributed by atoms with Crippen LogP contribution in [0, 0.1) is 0 Å². The number of hydrogen-bond acceptors (Lipinski definition) is 6. The highest BCUT2D eigenvalue weighted by Crippen LogP contribution is 2.15. The number of carbonyl (C=O) groups excluding carboxylic acids is 2. The van der Waals surface area contributed by atoms with Crippen molar-refractivity contribution in [2.24, 2.45) is 0 Å². The lowest BCUT2D eigenvalue weighted by atomic mass is 10.2. The maximum atomic E-state index is 11.8. The Morgan fingerprint density at radius 1 is 1.10 bits per heavy atom.